The maximum atomic E-state index is 12.4. The Hall–Kier alpha value is -2.82. The molecule has 2 aromatic carbocycles. The van der Waals surface area contributed by atoms with E-state index in [1.54, 1.807) is 31.2 Å². The van der Waals surface area contributed by atoms with Crippen molar-refractivity contribution in [2.75, 3.05) is 23.3 Å². The number of carbonyl (C=O) groups excluding carboxylic acids is 2. The van der Waals surface area contributed by atoms with Crippen LogP contribution >= 0.6 is 0 Å². The van der Waals surface area contributed by atoms with Gasteiger partial charge in [-0.1, -0.05) is 6.92 Å². The Morgan fingerprint density at radius 1 is 1.00 bits per heavy atom. The minimum Gasteiger partial charge on any atom is -0.481 e. The van der Waals surface area contributed by atoms with Crippen molar-refractivity contribution in [1.29, 1.82) is 0 Å². The van der Waals surface area contributed by atoms with Gasteiger partial charge in [0.1, 0.15) is 5.75 Å². The summed E-state index contributed by atoms with van der Waals surface area (Å²) in [5.41, 5.74) is 2.61. The summed E-state index contributed by atoms with van der Waals surface area (Å²) in [7, 11) is 0. The van der Waals surface area contributed by atoms with Crippen LogP contribution in [0.15, 0.2) is 48.5 Å². The SMILES string of the molecule is CCC(=O)c1ccc(O[C@H](C)C(=O)Nc2ccc(N3CCCCC3)cc2)cc1. The summed E-state index contributed by atoms with van der Waals surface area (Å²) in [5.74, 6) is 0.445. The normalized spacial score (nSPS) is 15.0. The van der Waals surface area contributed by atoms with Crippen molar-refractivity contribution >= 4 is 23.1 Å². The molecule has 1 N–H and O–H groups in total. The van der Waals surface area contributed by atoms with Gasteiger partial charge < -0.3 is 15.0 Å². The summed E-state index contributed by atoms with van der Waals surface area (Å²) in [6.45, 7) is 5.74. The Bertz CT molecular complexity index is 794. The molecule has 0 radical (unpaired) electrons. The molecule has 1 aliphatic rings. The summed E-state index contributed by atoms with van der Waals surface area (Å²) in [4.78, 5) is 26.5. The number of benzene rings is 2. The van der Waals surface area contributed by atoms with Crippen molar-refractivity contribution < 1.29 is 14.3 Å². The Morgan fingerprint density at radius 3 is 2.25 bits per heavy atom. The van der Waals surface area contributed by atoms with Gasteiger partial charge in [-0.05, 0) is 74.7 Å². The van der Waals surface area contributed by atoms with E-state index in [-0.39, 0.29) is 11.7 Å². The molecule has 0 unspecified atom stereocenters. The average molecular weight is 380 g/mol. The third-order valence-electron chi connectivity index (χ3n) is 5.04. The summed E-state index contributed by atoms with van der Waals surface area (Å²) >= 11 is 0. The third-order valence-corrected chi connectivity index (χ3v) is 5.04. The second-order valence-electron chi connectivity index (χ2n) is 7.15. The lowest BCUT2D eigenvalue weighted by Crippen LogP contribution is -2.30. The van der Waals surface area contributed by atoms with Crippen molar-refractivity contribution in [2.45, 2.75) is 45.6 Å². The predicted molar refractivity (Wildman–Crippen MR) is 112 cm³/mol. The van der Waals surface area contributed by atoms with Crippen LogP contribution in [0.1, 0.15) is 49.9 Å². The van der Waals surface area contributed by atoms with Crippen molar-refractivity contribution in [3.8, 4) is 5.75 Å². The maximum Gasteiger partial charge on any atom is 0.265 e. The number of Topliss-reactive ketones (excluding diaryl/α,β-unsaturated/α-hetero) is 1. The third kappa shape index (κ3) is 5.12. The smallest absolute Gasteiger partial charge is 0.265 e. The highest BCUT2D eigenvalue weighted by Gasteiger charge is 2.16. The summed E-state index contributed by atoms with van der Waals surface area (Å²) in [6.07, 6.45) is 3.60. The van der Waals surface area contributed by atoms with Gasteiger partial charge in [0.25, 0.3) is 5.91 Å². The highest BCUT2D eigenvalue weighted by atomic mass is 16.5. The van der Waals surface area contributed by atoms with E-state index >= 15 is 0 Å². The van der Waals surface area contributed by atoms with Crippen LogP contribution in [-0.2, 0) is 4.79 Å². The van der Waals surface area contributed by atoms with E-state index in [1.807, 2.05) is 19.1 Å². The second kappa shape index (κ2) is 9.40. The number of anilines is 2. The number of amides is 1. The van der Waals surface area contributed by atoms with Crippen molar-refractivity contribution in [2.24, 2.45) is 0 Å². The highest BCUT2D eigenvalue weighted by Crippen LogP contribution is 2.22. The molecule has 1 atom stereocenters. The van der Waals surface area contributed by atoms with Crippen LogP contribution < -0.4 is 15.0 Å². The molecule has 1 heterocycles. The molecule has 0 spiro atoms. The molecule has 5 nitrogen and oxygen atoms in total. The Morgan fingerprint density at radius 2 is 1.64 bits per heavy atom. The molecule has 3 rings (SSSR count). The fraction of sp³-hybridized carbons (Fsp3) is 0.391. The summed E-state index contributed by atoms with van der Waals surface area (Å²) < 4.78 is 5.70. The molecule has 0 aliphatic carbocycles. The van der Waals surface area contributed by atoms with Gasteiger partial charge in [0.15, 0.2) is 11.9 Å². The maximum absolute atomic E-state index is 12.4. The van der Waals surface area contributed by atoms with Crippen molar-refractivity contribution in [3.05, 3.63) is 54.1 Å². The molecule has 5 heteroatoms. The zero-order chi connectivity index (χ0) is 19.9. The van der Waals surface area contributed by atoms with Crippen molar-refractivity contribution in [3.63, 3.8) is 0 Å². The van der Waals surface area contributed by atoms with E-state index in [9.17, 15) is 9.59 Å². The molecule has 148 valence electrons. The lowest BCUT2D eigenvalue weighted by Gasteiger charge is -2.28. The highest BCUT2D eigenvalue weighted by molar-refractivity contribution is 5.96. The molecular formula is C23H28N2O3. The number of hydrogen-bond acceptors (Lipinski definition) is 4. The van der Waals surface area contributed by atoms with Crippen molar-refractivity contribution in [1.82, 2.24) is 0 Å². The zero-order valence-electron chi connectivity index (χ0n) is 16.6. The molecule has 28 heavy (non-hydrogen) atoms. The number of rotatable bonds is 7. The molecule has 0 bridgehead atoms. The largest absolute Gasteiger partial charge is 0.481 e. The molecule has 2 aromatic rings. The van der Waals surface area contributed by atoms with Crippen LogP contribution in [0.3, 0.4) is 0 Å². The molecule has 0 aromatic heterocycles. The van der Waals surface area contributed by atoms with E-state index in [0.717, 1.165) is 18.8 Å². The van der Waals surface area contributed by atoms with Gasteiger partial charge in [-0.25, -0.2) is 0 Å². The van der Waals surface area contributed by atoms with Gasteiger partial charge in [-0.15, -0.1) is 0 Å². The van der Waals surface area contributed by atoms with Crippen LogP contribution in [0.2, 0.25) is 0 Å². The van der Waals surface area contributed by atoms with Crippen LogP contribution in [0.5, 0.6) is 5.75 Å². The van der Waals surface area contributed by atoms with Crippen LogP contribution in [0, 0.1) is 0 Å². The number of nitrogens with one attached hydrogen (secondary N) is 1. The number of hydrogen-bond donors (Lipinski definition) is 1. The fourth-order valence-corrected chi connectivity index (χ4v) is 3.33. The molecule has 1 aliphatic heterocycles. The predicted octanol–water partition coefficient (Wildman–Crippen LogP) is 4.68. The Labute approximate surface area is 166 Å². The number of ketones is 1. The first kappa shape index (κ1) is 19.9. The molecule has 0 saturated carbocycles. The quantitative estimate of drug-likeness (QED) is 0.709. The molecular weight excluding hydrogens is 352 g/mol. The Kier molecular flexibility index (Phi) is 6.69. The number of carbonyl (C=O) groups is 2. The fourth-order valence-electron chi connectivity index (χ4n) is 3.33. The number of piperidine rings is 1. The Balaban J connectivity index is 1.54. The first-order chi connectivity index (χ1) is 13.6. The van der Waals surface area contributed by atoms with Gasteiger partial charge in [0, 0.05) is 36.4 Å². The van der Waals surface area contributed by atoms with Gasteiger partial charge in [-0.2, -0.15) is 0 Å². The second-order valence-corrected chi connectivity index (χ2v) is 7.15. The van der Waals surface area contributed by atoms with E-state index < -0.39 is 6.10 Å². The standard InChI is InChI=1S/C23H28N2O3/c1-3-22(26)18-7-13-21(14-8-18)28-17(2)23(27)24-19-9-11-20(12-10-19)25-15-5-4-6-16-25/h7-14,17H,3-6,15-16H2,1-2H3,(H,24,27)/t17-/m1/s1. The summed E-state index contributed by atoms with van der Waals surface area (Å²) in [6, 6.07) is 14.9. The minimum absolute atomic E-state index is 0.0883. The lowest BCUT2D eigenvalue weighted by molar-refractivity contribution is -0.122. The first-order valence-corrected chi connectivity index (χ1v) is 10.0. The van der Waals surface area contributed by atoms with Gasteiger partial charge in [-0.3, -0.25) is 9.59 Å². The van der Waals surface area contributed by atoms with E-state index in [0.29, 0.717) is 17.7 Å². The van der Waals surface area contributed by atoms with E-state index in [2.05, 4.69) is 22.3 Å². The minimum atomic E-state index is -0.644. The van der Waals surface area contributed by atoms with Crippen LogP contribution in [-0.4, -0.2) is 30.9 Å². The monoisotopic (exact) mass is 380 g/mol. The van der Waals surface area contributed by atoms with Gasteiger partial charge in [0.05, 0.1) is 0 Å². The zero-order valence-corrected chi connectivity index (χ0v) is 16.6. The van der Waals surface area contributed by atoms with Crippen LogP contribution in [0.25, 0.3) is 0 Å². The topological polar surface area (TPSA) is 58.6 Å². The lowest BCUT2D eigenvalue weighted by atomic mass is 10.1. The van der Waals surface area contributed by atoms with E-state index in [4.69, 9.17) is 4.74 Å². The van der Waals surface area contributed by atoms with Gasteiger partial charge >= 0.3 is 0 Å². The number of ether oxygens (including phenoxy) is 1. The first-order valence-electron chi connectivity index (χ1n) is 10.0. The van der Waals surface area contributed by atoms with Gasteiger partial charge in [0.2, 0.25) is 0 Å². The molecule has 1 fully saturated rings. The van der Waals surface area contributed by atoms with E-state index in [1.165, 1.54) is 24.9 Å². The van der Waals surface area contributed by atoms with Crippen LogP contribution in [0.4, 0.5) is 11.4 Å². The molecule has 1 saturated heterocycles. The molecule has 1 amide bonds. The number of nitrogens with zero attached hydrogens (tertiary/aromatic N) is 1. The average Bonchev–Trinajstić information content (AvgIpc) is 2.75. The summed E-state index contributed by atoms with van der Waals surface area (Å²) in [5, 5.41) is 2.89.